The van der Waals surface area contributed by atoms with Crippen LogP contribution in [-0.2, 0) is 27.6 Å². The molecule has 1 aliphatic rings. The number of hydrogen-bond donors (Lipinski definition) is 2. The number of rotatable bonds is 9. The fourth-order valence-electron chi connectivity index (χ4n) is 3.68. The monoisotopic (exact) mass is 503 g/mol. The molecule has 1 aliphatic heterocycles. The van der Waals surface area contributed by atoms with Crippen LogP contribution in [0.3, 0.4) is 0 Å². The molecule has 1 aromatic heterocycles. The van der Waals surface area contributed by atoms with E-state index in [9.17, 15) is 22.4 Å². The lowest BCUT2D eigenvalue weighted by molar-refractivity contribution is -0.116. The average Bonchev–Trinajstić information content (AvgIpc) is 3.05. The molecule has 7 nitrogen and oxygen atoms in total. The fourth-order valence-corrected chi connectivity index (χ4v) is 6.31. The largest absolute Gasteiger partial charge is 0.365 e. The van der Waals surface area contributed by atoms with Gasteiger partial charge in [0.15, 0.2) is 9.84 Å². The van der Waals surface area contributed by atoms with E-state index in [0.717, 1.165) is 48.6 Å². The standard InChI is InChI=1S/C21H26FN3O4S2.ClH/c1-2-10-25-11-9-16-17(13-25)30-21(19(16)20(23)27)24-18(26)4-3-12-31(28,29)15-7-5-14(22)6-8-15;/h5-8H,2-4,9-13H2,1H3,(H2,23,27)(H,24,26);1H. The number of thiophene rings is 1. The molecule has 2 amide bonds. The van der Waals surface area contributed by atoms with Crippen molar-refractivity contribution in [1.29, 1.82) is 0 Å². The molecule has 0 saturated carbocycles. The third-order valence-corrected chi connectivity index (χ3v) is 8.11. The first-order valence-electron chi connectivity index (χ1n) is 10.2. The van der Waals surface area contributed by atoms with Gasteiger partial charge in [-0.15, -0.1) is 23.7 Å². The summed E-state index contributed by atoms with van der Waals surface area (Å²) in [6.07, 6.45) is 1.82. The number of nitrogens with zero attached hydrogens (tertiary/aromatic N) is 1. The van der Waals surface area contributed by atoms with Crippen LogP contribution in [0.2, 0.25) is 0 Å². The lowest BCUT2D eigenvalue weighted by Crippen LogP contribution is -2.31. The van der Waals surface area contributed by atoms with Gasteiger partial charge in [0, 0.05) is 24.4 Å². The quantitative estimate of drug-likeness (QED) is 0.510. The van der Waals surface area contributed by atoms with Crippen molar-refractivity contribution in [3.63, 3.8) is 0 Å². The molecule has 3 rings (SSSR count). The van der Waals surface area contributed by atoms with Crippen LogP contribution in [0.1, 0.15) is 47.0 Å². The second-order valence-corrected chi connectivity index (χ2v) is 10.7. The Hall–Kier alpha value is -2.01. The second kappa shape index (κ2) is 11.2. The molecule has 32 heavy (non-hydrogen) atoms. The molecular weight excluding hydrogens is 477 g/mol. The molecule has 0 aliphatic carbocycles. The molecule has 0 saturated heterocycles. The number of amides is 2. The number of nitrogens with two attached hydrogens (primary N) is 1. The SMILES string of the molecule is CCCN1CCc2c(sc(NC(=O)CCCS(=O)(=O)c3ccc(F)cc3)c2C(N)=O)C1.Cl. The van der Waals surface area contributed by atoms with E-state index >= 15 is 0 Å². The van der Waals surface area contributed by atoms with Crippen LogP contribution in [0.4, 0.5) is 9.39 Å². The molecule has 0 unspecified atom stereocenters. The number of carbonyl (C=O) groups excluding carboxylic acids is 2. The van der Waals surface area contributed by atoms with Crippen molar-refractivity contribution in [2.24, 2.45) is 5.73 Å². The molecule has 0 fully saturated rings. The number of halogens is 2. The number of nitrogens with one attached hydrogen (secondary N) is 1. The smallest absolute Gasteiger partial charge is 0.251 e. The van der Waals surface area contributed by atoms with E-state index in [0.29, 0.717) is 17.0 Å². The summed E-state index contributed by atoms with van der Waals surface area (Å²) in [5.41, 5.74) is 6.85. The first-order chi connectivity index (χ1) is 14.7. The normalized spacial score (nSPS) is 13.8. The minimum absolute atomic E-state index is 0. The van der Waals surface area contributed by atoms with Crippen LogP contribution in [-0.4, -0.2) is 44.0 Å². The van der Waals surface area contributed by atoms with E-state index < -0.39 is 21.6 Å². The molecule has 11 heteroatoms. The predicted octanol–water partition coefficient (Wildman–Crippen LogP) is 3.37. The van der Waals surface area contributed by atoms with Gasteiger partial charge >= 0.3 is 0 Å². The van der Waals surface area contributed by atoms with Crippen molar-refractivity contribution in [2.45, 2.75) is 44.0 Å². The van der Waals surface area contributed by atoms with Crippen molar-refractivity contribution in [1.82, 2.24) is 4.90 Å². The molecule has 0 spiro atoms. The third kappa shape index (κ3) is 6.28. The highest BCUT2D eigenvalue weighted by molar-refractivity contribution is 7.91. The lowest BCUT2D eigenvalue weighted by Gasteiger charge is -2.26. The van der Waals surface area contributed by atoms with E-state index in [4.69, 9.17) is 5.73 Å². The predicted molar refractivity (Wildman–Crippen MR) is 126 cm³/mol. The summed E-state index contributed by atoms with van der Waals surface area (Å²) in [5.74, 6) is -1.70. The maximum absolute atomic E-state index is 13.0. The zero-order valence-corrected chi connectivity index (χ0v) is 20.2. The highest BCUT2D eigenvalue weighted by Gasteiger charge is 2.27. The van der Waals surface area contributed by atoms with Crippen LogP contribution < -0.4 is 11.1 Å². The van der Waals surface area contributed by atoms with Gasteiger partial charge in [-0.05, 0) is 55.6 Å². The summed E-state index contributed by atoms with van der Waals surface area (Å²) in [7, 11) is -3.60. The number of primary amides is 1. The minimum Gasteiger partial charge on any atom is -0.365 e. The van der Waals surface area contributed by atoms with Crippen molar-refractivity contribution in [3.8, 4) is 0 Å². The number of carbonyl (C=O) groups is 2. The van der Waals surface area contributed by atoms with Crippen molar-refractivity contribution in [2.75, 3.05) is 24.2 Å². The molecule has 176 valence electrons. The van der Waals surface area contributed by atoms with E-state index in [1.54, 1.807) is 0 Å². The average molecular weight is 504 g/mol. The minimum atomic E-state index is -3.60. The third-order valence-electron chi connectivity index (χ3n) is 5.16. The maximum Gasteiger partial charge on any atom is 0.251 e. The Kier molecular flexibility index (Phi) is 9.20. The van der Waals surface area contributed by atoms with E-state index in [-0.39, 0.29) is 41.8 Å². The van der Waals surface area contributed by atoms with Gasteiger partial charge in [-0.25, -0.2) is 12.8 Å². The molecular formula is C21H27ClFN3O4S2. The zero-order chi connectivity index (χ0) is 22.6. The van der Waals surface area contributed by atoms with E-state index in [2.05, 4.69) is 17.1 Å². The number of hydrogen-bond acceptors (Lipinski definition) is 6. The molecule has 1 aromatic carbocycles. The van der Waals surface area contributed by atoms with Gasteiger partial charge in [0.1, 0.15) is 10.8 Å². The Morgan fingerprint density at radius 2 is 1.94 bits per heavy atom. The Morgan fingerprint density at radius 1 is 1.25 bits per heavy atom. The number of benzene rings is 1. The van der Waals surface area contributed by atoms with Crippen LogP contribution in [0.5, 0.6) is 0 Å². The summed E-state index contributed by atoms with van der Waals surface area (Å²) in [4.78, 5) is 27.8. The Balaban J connectivity index is 0.00000363. The Labute approximate surface area is 197 Å². The van der Waals surface area contributed by atoms with Gasteiger partial charge in [0.25, 0.3) is 5.91 Å². The molecule has 0 bridgehead atoms. The number of sulfone groups is 1. The van der Waals surface area contributed by atoms with Crippen molar-refractivity contribution in [3.05, 3.63) is 46.1 Å². The summed E-state index contributed by atoms with van der Waals surface area (Å²) >= 11 is 1.36. The first-order valence-corrected chi connectivity index (χ1v) is 12.6. The maximum atomic E-state index is 13.0. The van der Waals surface area contributed by atoms with Crippen molar-refractivity contribution >= 4 is 50.4 Å². The van der Waals surface area contributed by atoms with Crippen molar-refractivity contribution < 1.29 is 22.4 Å². The van der Waals surface area contributed by atoms with E-state index in [1.165, 1.54) is 23.5 Å². The number of anilines is 1. The molecule has 3 N–H and O–H groups in total. The molecule has 0 atom stereocenters. The summed E-state index contributed by atoms with van der Waals surface area (Å²) < 4.78 is 37.6. The van der Waals surface area contributed by atoms with E-state index in [1.807, 2.05) is 0 Å². The van der Waals surface area contributed by atoms with Crippen LogP contribution in [0.15, 0.2) is 29.2 Å². The topological polar surface area (TPSA) is 110 Å². The number of fused-ring (bicyclic) bond motifs is 1. The van der Waals surface area contributed by atoms with Gasteiger partial charge in [-0.3, -0.25) is 14.5 Å². The van der Waals surface area contributed by atoms with Crippen LogP contribution >= 0.6 is 23.7 Å². The summed E-state index contributed by atoms with van der Waals surface area (Å²) in [6.45, 7) is 4.64. The van der Waals surface area contributed by atoms with Crippen LogP contribution in [0.25, 0.3) is 0 Å². The highest BCUT2D eigenvalue weighted by atomic mass is 35.5. The van der Waals surface area contributed by atoms with Gasteiger partial charge in [-0.2, -0.15) is 0 Å². The van der Waals surface area contributed by atoms with Gasteiger partial charge < -0.3 is 11.1 Å². The van der Waals surface area contributed by atoms with Crippen LogP contribution in [0, 0.1) is 5.82 Å². The molecule has 2 aromatic rings. The Morgan fingerprint density at radius 3 is 2.56 bits per heavy atom. The van der Waals surface area contributed by atoms with Gasteiger partial charge in [0.2, 0.25) is 5.91 Å². The van der Waals surface area contributed by atoms with Gasteiger partial charge in [0.05, 0.1) is 16.2 Å². The molecule has 2 heterocycles. The summed E-state index contributed by atoms with van der Waals surface area (Å²) in [6, 6.07) is 4.60. The summed E-state index contributed by atoms with van der Waals surface area (Å²) in [5, 5.41) is 3.18. The second-order valence-electron chi connectivity index (χ2n) is 7.52. The van der Waals surface area contributed by atoms with Gasteiger partial charge in [-0.1, -0.05) is 6.92 Å². The molecule has 0 radical (unpaired) electrons. The zero-order valence-electron chi connectivity index (χ0n) is 17.7. The lowest BCUT2D eigenvalue weighted by atomic mass is 10.0. The highest BCUT2D eigenvalue weighted by Crippen LogP contribution is 2.37. The fraction of sp³-hybridized carbons (Fsp3) is 0.429. The Bertz CT molecular complexity index is 1070. The first kappa shape index (κ1) is 26.2.